The zero-order chi connectivity index (χ0) is 10.7. The maximum atomic E-state index is 6.18. The average molecular weight is 226 g/mol. The third kappa shape index (κ3) is 2.33. The van der Waals surface area contributed by atoms with Crippen molar-refractivity contribution in [2.45, 2.75) is 12.3 Å². The highest BCUT2D eigenvalue weighted by Crippen LogP contribution is 2.34. The molecule has 2 atom stereocenters. The molecule has 2 nitrogen and oxygen atoms in total. The Labute approximate surface area is 95.4 Å². The van der Waals surface area contributed by atoms with Gasteiger partial charge in [0.15, 0.2) is 0 Å². The van der Waals surface area contributed by atoms with Crippen molar-refractivity contribution < 1.29 is 4.74 Å². The summed E-state index contributed by atoms with van der Waals surface area (Å²) in [5.41, 5.74) is 6.96. The van der Waals surface area contributed by atoms with Gasteiger partial charge in [0.25, 0.3) is 0 Å². The van der Waals surface area contributed by atoms with E-state index in [0.717, 1.165) is 24.7 Å². The standard InChI is InChI=1S/C12H16ClNO/c13-12-4-2-1-3-10(12)11-8-15-6-5-9(11)7-14/h1-4,9,11H,5-8,14H2. The lowest BCUT2D eigenvalue weighted by molar-refractivity contribution is 0.0494. The van der Waals surface area contributed by atoms with Crippen LogP contribution in [0.15, 0.2) is 24.3 Å². The van der Waals surface area contributed by atoms with E-state index in [-0.39, 0.29) is 0 Å². The van der Waals surface area contributed by atoms with E-state index >= 15 is 0 Å². The summed E-state index contributed by atoms with van der Waals surface area (Å²) in [6, 6.07) is 7.97. The highest BCUT2D eigenvalue weighted by atomic mass is 35.5. The summed E-state index contributed by atoms with van der Waals surface area (Å²) in [7, 11) is 0. The first-order chi connectivity index (χ1) is 7.33. The van der Waals surface area contributed by atoms with Gasteiger partial charge in [0, 0.05) is 17.5 Å². The zero-order valence-electron chi connectivity index (χ0n) is 8.66. The van der Waals surface area contributed by atoms with Crippen LogP contribution in [0.4, 0.5) is 0 Å². The number of hydrogen-bond acceptors (Lipinski definition) is 2. The molecule has 2 unspecified atom stereocenters. The molecule has 1 heterocycles. The van der Waals surface area contributed by atoms with E-state index in [1.54, 1.807) is 0 Å². The molecule has 15 heavy (non-hydrogen) atoms. The molecule has 1 fully saturated rings. The van der Waals surface area contributed by atoms with Crippen molar-refractivity contribution in [3.8, 4) is 0 Å². The molecule has 1 aliphatic rings. The first-order valence-corrected chi connectivity index (χ1v) is 5.73. The molecule has 1 saturated heterocycles. The molecule has 0 spiro atoms. The summed E-state index contributed by atoms with van der Waals surface area (Å²) in [6.45, 7) is 2.27. The molecule has 2 N–H and O–H groups in total. The van der Waals surface area contributed by atoms with Crippen molar-refractivity contribution >= 4 is 11.6 Å². The van der Waals surface area contributed by atoms with Crippen molar-refractivity contribution in [3.05, 3.63) is 34.9 Å². The Kier molecular flexibility index (Phi) is 3.62. The third-order valence-electron chi connectivity index (χ3n) is 3.11. The minimum atomic E-state index is 0.359. The Morgan fingerprint density at radius 2 is 2.20 bits per heavy atom. The maximum Gasteiger partial charge on any atom is 0.0538 e. The Bertz CT molecular complexity index is 329. The Hall–Kier alpha value is -0.570. The molecule has 0 aromatic heterocycles. The average Bonchev–Trinajstić information content (AvgIpc) is 2.30. The predicted molar refractivity (Wildman–Crippen MR) is 62.2 cm³/mol. The van der Waals surface area contributed by atoms with Gasteiger partial charge < -0.3 is 10.5 Å². The molecule has 0 bridgehead atoms. The molecular formula is C12H16ClNO. The van der Waals surface area contributed by atoms with Crippen molar-refractivity contribution in [2.24, 2.45) is 11.7 Å². The lowest BCUT2D eigenvalue weighted by atomic mass is 9.83. The molecule has 2 rings (SSSR count). The van der Waals surface area contributed by atoms with Crippen molar-refractivity contribution in [2.75, 3.05) is 19.8 Å². The topological polar surface area (TPSA) is 35.2 Å². The van der Waals surface area contributed by atoms with Crippen LogP contribution >= 0.6 is 11.6 Å². The van der Waals surface area contributed by atoms with Gasteiger partial charge >= 0.3 is 0 Å². The smallest absolute Gasteiger partial charge is 0.0538 e. The van der Waals surface area contributed by atoms with Crippen molar-refractivity contribution in [3.63, 3.8) is 0 Å². The minimum absolute atomic E-state index is 0.359. The summed E-state index contributed by atoms with van der Waals surface area (Å²) in [6.07, 6.45) is 1.03. The summed E-state index contributed by atoms with van der Waals surface area (Å²) in [5.74, 6) is 0.857. The molecule has 0 radical (unpaired) electrons. The fraction of sp³-hybridized carbons (Fsp3) is 0.500. The summed E-state index contributed by atoms with van der Waals surface area (Å²) in [5, 5.41) is 0.825. The van der Waals surface area contributed by atoms with Crippen LogP contribution in [0, 0.1) is 5.92 Å². The van der Waals surface area contributed by atoms with E-state index in [1.807, 2.05) is 18.2 Å². The van der Waals surface area contributed by atoms with Crippen LogP contribution in [0.1, 0.15) is 17.9 Å². The van der Waals surface area contributed by atoms with Crippen molar-refractivity contribution in [1.82, 2.24) is 0 Å². The number of rotatable bonds is 2. The van der Waals surface area contributed by atoms with E-state index in [2.05, 4.69) is 6.07 Å². The van der Waals surface area contributed by atoms with E-state index in [4.69, 9.17) is 22.1 Å². The second kappa shape index (κ2) is 4.97. The summed E-state index contributed by atoms with van der Waals surface area (Å²) in [4.78, 5) is 0. The van der Waals surface area contributed by atoms with E-state index < -0.39 is 0 Å². The van der Waals surface area contributed by atoms with Crippen LogP contribution in [-0.4, -0.2) is 19.8 Å². The van der Waals surface area contributed by atoms with Crippen molar-refractivity contribution in [1.29, 1.82) is 0 Å². The van der Waals surface area contributed by atoms with E-state index in [9.17, 15) is 0 Å². The Balaban J connectivity index is 2.24. The second-order valence-electron chi connectivity index (χ2n) is 3.99. The normalized spacial score (nSPS) is 26.5. The fourth-order valence-corrected chi connectivity index (χ4v) is 2.46. The quantitative estimate of drug-likeness (QED) is 0.839. The van der Waals surface area contributed by atoms with Gasteiger partial charge in [-0.3, -0.25) is 0 Å². The third-order valence-corrected chi connectivity index (χ3v) is 3.45. The number of ether oxygens (including phenoxy) is 1. The van der Waals surface area contributed by atoms with Crippen LogP contribution in [0.25, 0.3) is 0 Å². The summed E-state index contributed by atoms with van der Waals surface area (Å²) < 4.78 is 5.51. The largest absolute Gasteiger partial charge is 0.381 e. The first kappa shape index (κ1) is 10.9. The monoisotopic (exact) mass is 225 g/mol. The lowest BCUT2D eigenvalue weighted by Crippen LogP contribution is -2.31. The fourth-order valence-electron chi connectivity index (χ4n) is 2.18. The van der Waals surface area contributed by atoms with Gasteiger partial charge in [-0.2, -0.15) is 0 Å². The lowest BCUT2D eigenvalue weighted by Gasteiger charge is -2.31. The van der Waals surface area contributed by atoms with Gasteiger partial charge in [0.05, 0.1) is 6.61 Å². The van der Waals surface area contributed by atoms with Gasteiger partial charge in [-0.1, -0.05) is 29.8 Å². The van der Waals surface area contributed by atoms with E-state index in [0.29, 0.717) is 18.4 Å². The Morgan fingerprint density at radius 3 is 2.93 bits per heavy atom. The molecule has 3 heteroatoms. The molecular weight excluding hydrogens is 210 g/mol. The number of hydrogen-bond donors (Lipinski definition) is 1. The van der Waals surface area contributed by atoms with Crippen LogP contribution in [0.5, 0.6) is 0 Å². The van der Waals surface area contributed by atoms with Gasteiger partial charge in [0.2, 0.25) is 0 Å². The van der Waals surface area contributed by atoms with Gasteiger partial charge in [-0.05, 0) is 30.5 Å². The number of halogens is 1. The first-order valence-electron chi connectivity index (χ1n) is 5.35. The molecule has 0 amide bonds. The van der Waals surface area contributed by atoms with Gasteiger partial charge in [-0.15, -0.1) is 0 Å². The van der Waals surface area contributed by atoms with Gasteiger partial charge in [-0.25, -0.2) is 0 Å². The second-order valence-corrected chi connectivity index (χ2v) is 4.39. The molecule has 1 aliphatic heterocycles. The zero-order valence-corrected chi connectivity index (χ0v) is 9.41. The molecule has 1 aromatic rings. The molecule has 0 aliphatic carbocycles. The van der Waals surface area contributed by atoms with Crippen LogP contribution in [0.3, 0.4) is 0 Å². The maximum absolute atomic E-state index is 6.18. The minimum Gasteiger partial charge on any atom is -0.381 e. The Morgan fingerprint density at radius 1 is 1.40 bits per heavy atom. The van der Waals surface area contributed by atoms with Crippen LogP contribution in [0.2, 0.25) is 5.02 Å². The van der Waals surface area contributed by atoms with Crippen LogP contribution < -0.4 is 5.73 Å². The predicted octanol–water partition coefficient (Wildman–Crippen LogP) is 2.42. The summed E-state index contributed by atoms with van der Waals surface area (Å²) >= 11 is 6.18. The highest BCUT2D eigenvalue weighted by Gasteiger charge is 2.27. The molecule has 0 saturated carbocycles. The van der Waals surface area contributed by atoms with Gasteiger partial charge in [0.1, 0.15) is 0 Å². The molecule has 82 valence electrons. The SMILES string of the molecule is NCC1CCOCC1c1ccccc1Cl. The van der Waals surface area contributed by atoms with Crippen LogP contribution in [-0.2, 0) is 4.74 Å². The van der Waals surface area contributed by atoms with E-state index in [1.165, 1.54) is 5.56 Å². The number of benzene rings is 1. The number of nitrogens with two attached hydrogens (primary N) is 1. The highest BCUT2D eigenvalue weighted by molar-refractivity contribution is 6.31. The molecule has 1 aromatic carbocycles.